The molecule has 0 atom stereocenters. The molecule has 8 aromatic rings. The number of rotatable bonds is 6. The van der Waals surface area contributed by atoms with Crippen LogP contribution in [0, 0.1) is 0 Å². The van der Waals surface area contributed by atoms with E-state index in [1.54, 1.807) is 0 Å². The fraction of sp³-hybridized carbons (Fsp3) is 0. The molecule has 0 radical (unpaired) electrons. The maximum atomic E-state index is 6.67. The van der Waals surface area contributed by atoms with Crippen LogP contribution in [-0.4, -0.2) is 0 Å². The van der Waals surface area contributed by atoms with Gasteiger partial charge in [-0.25, -0.2) is 0 Å². The van der Waals surface area contributed by atoms with E-state index in [9.17, 15) is 0 Å². The first-order valence-corrected chi connectivity index (χ1v) is 16.3. The Balaban J connectivity index is 1.26. The van der Waals surface area contributed by atoms with E-state index >= 15 is 0 Å². The third-order valence-electron chi connectivity index (χ3n) is 9.25. The van der Waals surface area contributed by atoms with Gasteiger partial charge >= 0.3 is 0 Å². The Hall–Kier alpha value is -6.38. The van der Waals surface area contributed by atoms with E-state index in [-0.39, 0.29) is 0 Å². The summed E-state index contributed by atoms with van der Waals surface area (Å²) in [5.41, 5.74) is 12.6. The highest BCUT2D eigenvalue weighted by atomic mass is 16.5. The number of ether oxygens (including phenoxy) is 1. The average Bonchev–Trinajstić information content (AvgIpc) is 3.17. The van der Waals surface area contributed by atoms with Crippen LogP contribution in [0.1, 0.15) is 0 Å². The van der Waals surface area contributed by atoms with E-state index in [0.717, 1.165) is 50.5 Å². The Kier molecular flexibility index (Phi) is 6.84. The number of benzene rings is 8. The van der Waals surface area contributed by atoms with Crippen LogP contribution in [0.25, 0.3) is 55.3 Å². The minimum atomic E-state index is 0.864. The van der Waals surface area contributed by atoms with E-state index in [1.807, 2.05) is 6.07 Å². The molecular formula is C46H31NO. The van der Waals surface area contributed by atoms with E-state index in [0.29, 0.717) is 0 Å². The average molecular weight is 614 g/mol. The summed E-state index contributed by atoms with van der Waals surface area (Å²) in [5.74, 6) is 1.74. The minimum absolute atomic E-state index is 0.864. The molecule has 2 heteroatoms. The van der Waals surface area contributed by atoms with Crippen molar-refractivity contribution in [2.24, 2.45) is 0 Å². The molecule has 0 spiro atoms. The van der Waals surface area contributed by atoms with Crippen molar-refractivity contribution in [2.45, 2.75) is 0 Å². The van der Waals surface area contributed by atoms with Crippen molar-refractivity contribution in [3.63, 3.8) is 0 Å². The Morgan fingerprint density at radius 3 is 1.40 bits per heavy atom. The first kappa shape index (κ1) is 27.9. The van der Waals surface area contributed by atoms with Crippen molar-refractivity contribution in [3.8, 4) is 56.0 Å². The molecule has 0 amide bonds. The molecule has 1 aliphatic heterocycles. The molecule has 1 aliphatic rings. The summed E-state index contributed by atoms with van der Waals surface area (Å²) in [5, 5.41) is 2.27. The lowest BCUT2D eigenvalue weighted by molar-refractivity contribution is 0.487. The Bertz CT molecular complexity index is 2300. The van der Waals surface area contributed by atoms with Crippen molar-refractivity contribution in [3.05, 3.63) is 188 Å². The molecule has 0 fully saturated rings. The van der Waals surface area contributed by atoms with Gasteiger partial charge in [0.2, 0.25) is 0 Å². The molecule has 0 unspecified atom stereocenters. The van der Waals surface area contributed by atoms with Crippen LogP contribution in [0.2, 0.25) is 0 Å². The lowest BCUT2D eigenvalue weighted by Gasteiger charge is -2.31. The summed E-state index contributed by atoms with van der Waals surface area (Å²) in [6.07, 6.45) is 0. The van der Waals surface area contributed by atoms with Crippen LogP contribution >= 0.6 is 0 Å². The molecule has 9 rings (SSSR count). The van der Waals surface area contributed by atoms with E-state index in [4.69, 9.17) is 4.74 Å². The Morgan fingerprint density at radius 2 is 0.833 bits per heavy atom. The number of hydrogen-bond acceptors (Lipinski definition) is 2. The fourth-order valence-electron chi connectivity index (χ4n) is 6.93. The highest BCUT2D eigenvalue weighted by Crippen LogP contribution is 2.53. The first-order chi connectivity index (χ1) is 23.8. The molecular weight excluding hydrogens is 583 g/mol. The third-order valence-corrected chi connectivity index (χ3v) is 9.25. The van der Waals surface area contributed by atoms with Gasteiger partial charge in [0.1, 0.15) is 11.5 Å². The van der Waals surface area contributed by atoms with Gasteiger partial charge in [0.15, 0.2) is 0 Å². The van der Waals surface area contributed by atoms with Crippen LogP contribution in [0.3, 0.4) is 0 Å². The summed E-state index contributed by atoms with van der Waals surface area (Å²) in [6.45, 7) is 0. The zero-order valence-corrected chi connectivity index (χ0v) is 26.3. The lowest BCUT2D eigenvalue weighted by atomic mass is 9.90. The second kappa shape index (κ2) is 11.8. The molecule has 0 N–H and O–H groups in total. The van der Waals surface area contributed by atoms with Crippen molar-refractivity contribution in [1.82, 2.24) is 0 Å². The van der Waals surface area contributed by atoms with Gasteiger partial charge in [0, 0.05) is 27.9 Å². The summed E-state index contributed by atoms with van der Waals surface area (Å²) >= 11 is 0. The standard InChI is InChI=1S/C46H31NO/c1-4-12-32(13-5-1)35-20-25-39(26-21-35)47(40-27-22-36(23-28-40)33-14-6-2-7-15-33)42-29-24-37-30-38(34-16-8-3-9-17-34)31-44-45(37)46(42)41-18-10-11-19-43(41)48-44/h1-31H. The van der Waals surface area contributed by atoms with Crippen LogP contribution in [-0.2, 0) is 0 Å². The van der Waals surface area contributed by atoms with Gasteiger partial charge in [0.25, 0.3) is 0 Å². The Morgan fingerprint density at radius 1 is 0.354 bits per heavy atom. The Labute approximate surface area is 280 Å². The molecule has 0 saturated heterocycles. The lowest BCUT2D eigenvalue weighted by Crippen LogP contribution is -2.12. The van der Waals surface area contributed by atoms with Crippen molar-refractivity contribution >= 4 is 27.8 Å². The van der Waals surface area contributed by atoms with Crippen molar-refractivity contribution in [1.29, 1.82) is 0 Å². The van der Waals surface area contributed by atoms with Crippen LogP contribution in [0.4, 0.5) is 17.1 Å². The third kappa shape index (κ3) is 4.92. The maximum Gasteiger partial charge on any atom is 0.136 e. The minimum Gasteiger partial charge on any atom is -0.456 e. The predicted molar refractivity (Wildman–Crippen MR) is 200 cm³/mol. The van der Waals surface area contributed by atoms with Gasteiger partial charge in [-0.2, -0.15) is 0 Å². The van der Waals surface area contributed by atoms with E-state index in [2.05, 4.69) is 187 Å². The largest absolute Gasteiger partial charge is 0.456 e. The quantitative estimate of drug-likeness (QED) is 0.185. The first-order valence-electron chi connectivity index (χ1n) is 16.3. The zero-order valence-electron chi connectivity index (χ0n) is 26.3. The fourth-order valence-corrected chi connectivity index (χ4v) is 6.93. The second-order valence-corrected chi connectivity index (χ2v) is 12.2. The maximum absolute atomic E-state index is 6.67. The summed E-state index contributed by atoms with van der Waals surface area (Å²) in [7, 11) is 0. The number of nitrogens with zero attached hydrogens (tertiary/aromatic N) is 1. The molecule has 0 aliphatic carbocycles. The number of hydrogen-bond donors (Lipinski definition) is 0. The summed E-state index contributed by atoms with van der Waals surface area (Å²) in [6, 6.07) is 66.8. The zero-order chi connectivity index (χ0) is 31.9. The molecule has 0 aromatic heterocycles. The van der Waals surface area contributed by atoms with E-state index < -0.39 is 0 Å². The molecule has 1 heterocycles. The molecule has 0 saturated carbocycles. The highest BCUT2D eigenvalue weighted by molar-refractivity contribution is 6.12. The van der Waals surface area contributed by atoms with Crippen LogP contribution < -0.4 is 9.64 Å². The molecule has 48 heavy (non-hydrogen) atoms. The SMILES string of the molecule is c1ccc(-c2ccc(N(c3ccc(-c4ccccc4)cc3)c3ccc4cc(-c5ccccc5)cc5c4c3-c3ccccc3O5)cc2)cc1. The predicted octanol–water partition coefficient (Wildman–Crippen LogP) is 13.1. The van der Waals surface area contributed by atoms with Gasteiger partial charge in [0.05, 0.1) is 5.69 Å². The normalized spacial score (nSPS) is 11.5. The topological polar surface area (TPSA) is 12.5 Å². The van der Waals surface area contributed by atoms with Gasteiger partial charge in [-0.05, 0) is 87.3 Å². The number of para-hydroxylation sites is 1. The molecule has 226 valence electrons. The summed E-state index contributed by atoms with van der Waals surface area (Å²) < 4.78 is 6.67. The molecule has 8 aromatic carbocycles. The van der Waals surface area contributed by atoms with Gasteiger partial charge in [-0.3, -0.25) is 0 Å². The molecule has 2 nitrogen and oxygen atoms in total. The van der Waals surface area contributed by atoms with Gasteiger partial charge in [-0.1, -0.05) is 140 Å². The van der Waals surface area contributed by atoms with Crippen molar-refractivity contribution in [2.75, 3.05) is 4.90 Å². The smallest absolute Gasteiger partial charge is 0.136 e. The second-order valence-electron chi connectivity index (χ2n) is 12.2. The van der Waals surface area contributed by atoms with Crippen LogP contribution in [0.15, 0.2) is 188 Å². The van der Waals surface area contributed by atoms with Gasteiger partial charge in [-0.15, -0.1) is 0 Å². The monoisotopic (exact) mass is 613 g/mol. The van der Waals surface area contributed by atoms with Gasteiger partial charge < -0.3 is 9.64 Å². The number of anilines is 3. The highest BCUT2D eigenvalue weighted by Gasteiger charge is 2.27. The van der Waals surface area contributed by atoms with Crippen molar-refractivity contribution < 1.29 is 4.74 Å². The van der Waals surface area contributed by atoms with Crippen LogP contribution in [0.5, 0.6) is 11.5 Å². The number of fused-ring (bicyclic) bond motifs is 2. The van der Waals surface area contributed by atoms with E-state index in [1.165, 1.54) is 33.4 Å². The summed E-state index contributed by atoms with van der Waals surface area (Å²) in [4.78, 5) is 2.38. The molecule has 0 bridgehead atoms.